The molecule has 2 fully saturated rings. The monoisotopic (exact) mass is 342 g/mol. The Hall–Kier alpha value is -0.790. The van der Waals surface area contributed by atoms with Gasteiger partial charge in [-0.25, -0.2) is 0 Å². The molecular weight excluding hydrogens is 312 g/mol. The van der Waals surface area contributed by atoms with Gasteiger partial charge in [-0.05, 0) is 18.3 Å². The highest BCUT2D eigenvalue weighted by Gasteiger charge is 2.69. The molecule has 0 spiro atoms. The Balaban J connectivity index is 2.42. The van der Waals surface area contributed by atoms with Crippen LogP contribution in [0.15, 0.2) is 12.7 Å². The van der Waals surface area contributed by atoms with Crippen molar-refractivity contribution in [2.24, 2.45) is 16.7 Å². The lowest BCUT2D eigenvalue weighted by molar-refractivity contribution is -0.171. The molecule has 0 unspecified atom stereocenters. The lowest BCUT2D eigenvalue weighted by Gasteiger charge is -2.51. The van der Waals surface area contributed by atoms with E-state index in [0.717, 1.165) is 19.3 Å². The molecule has 0 bridgehead atoms. The van der Waals surface area contributed by atoms with Crippen molar-refractivity contribution >= 4 is 5.78 Å². The number of rotatable bonds is 8. The summed E-state index contributed by atoms with van der Waals surface area (Å²) in [5.41, 5.74) is -1.38. The maximum atomic E-state index is 13.1. The molecule has 6 nitrogen and oxygen atoms in total. The van der Waals surface area contributed by atoms with Crippen LogP contribution < -0.4 is 0 Å². The Morgan fingerprint density at radius 1 is 1.38 bits per heavy atom. The van der Waals surface area contributed by atoms with Crippen LogP contribution in [0.1, 0.15) is 32.6 Å². The molecule has 0 aliphatic heterocycles. The van der Waals surface area contributed by atoms with Crippen LogP contribution in [0.5, 0.6) is 0 Å². The fraction of sp³-hybridized carbons (Fsp3) is 0.833. The average Bonchev–Trinajstić information content (AvgIpc) is 2.75. The number of hydrogen-bond acceptors (Lipinski definition) is 6. The smallest absolute Gasteiger partial charge is 0.174 e. The maximum absolute atomic E-state index is 13.1. The zero-order valence-corrected chi connectivity index (χ0v) is 15.1. The van der Waals surface area contributed by atoms with Crippen molar-refractivity contribution in [1.29, 1.82) is 0 Å². The van der Waals surface area contributed by atoms with E-state index in [1.165, 1.54) is 0 Å². The van der Waals surface area contributed by atoms with Gasteiger partial charge in [0, 0.05) is 33.7 Å². The van der Waals surface area contributed by atoms with E-state index in [2.05, 4.69) is 13.5 Å². The van der Waals surface area contributed by atoms with Crippen LogP contribution in [0.4, 0.5) is 0 Å². The summed E-state index contributed by atoms with van der Waals surface area (Å²) in [6, 6.07) is 0. The normalized spacial score (nSPS) is 39.2. The van der Waals surface area contributed by atoms with Crippen LogP contribution in [0, 0.1) is 16.7 Å². The number of Topliss-reactive ketones (excluding diaryl/α,β-unsaturated/α-hetero) is 1. The molecule has 24 heavy (non-hydrogen) atoms. The summed E-state index contributed by atoms with van der Waals surface area (Å²) in [6.45, 7) is 6.11. The first-order chi connectivity index (χ1) is 11.4. The van der Waals surface area contributed by atoms with E-state index in [-0.39, 0.29) is 24.6 Å². The average molecular weight is 342 g/mol. The van der Waals surface area contributed by atoms with Gasteiger partial charge in [0.05, 0.1) is 11.5 Å². The molecule has 5 atom stereocenters. The maximum Gasteiger partial charge on any atom is 0.174 e. The van der Waals surface area contributed by atoms with Gasteiger partial charge in [-0.2, -0.15) is 0 Å². The minimum absolute atomic E-state index is 0.114. The minimum atomic E-state index is -1.08. The molecule has 0 aromatic rings. The summed E-state index contributed by atoms with van der Waals surface area (Å²) in [5.74, 6) is -0.487. The van der Waals surface area contributed by atoms with Crippen molar-refractivity contribution in [3.05, 3.63) is 12.7 Å². The SMILES string of the molecule is C=C[C@@]12C(=O)[C@@H](O)[C@H](CC(OC)OC)[C@@]1(C)CCC[C@@H]2OCOC. The molecule has 2 rings (SSSR count). The van der Waals surface area contributed by atoms with Gasteiger partial charge in [-0.3, -0.25) is 4.79 Å². The zero-order valence-electron chi connectivity index (χ0n) is 15.1. The fourth-order valence-corrected chi connectivity index (χ4v) is 4.88. The fourth-order valence-electron chi connectivity index (χ4n) is 4.88. The predicted molar refractivity (Wildman–Crippen MR) is 88.3 cm³/mol. The third kappa shape index (κ3) is 2.74. The van der Waals surface area contributed by atoms with Gasteiger partial charge in [-0.15, -0.1) is 6.58 Å². The molecule has 2 saturated carbocycles. The van der Waals surface area contributed by atoms with E-state index in [4.69, 9.17) is 18.9 Å². The zero-order chi connectivity index (χ0) is 18.0. The Morgan fingerprint density at radius 3 is 2.58 bits per heavy atom. The molecule has 2 aliphatic carbocycles. The van der Waals surface area contributed by atoms with Crippen LogP contribution in [0.3, 0.4) is 0 Å². The number of methoxy groups -OCH3 is 3. The number of fused-ring (bicyclic) bond motifs is 1. The Kier molecular flexibility index (Phi) is 6.20. The minimum Gasteiger partial charge on any atom is -0.385 e. The molecular formula is C18H30O6. The van der Waals surface area contributed by atoms with Crippen LogP contribution in [0.2, 0.25) is 0 Å². The highest BCUT2D eigenvalue weighted by atomic mass is 16.7. The van der Waals surface area contributed by atoms with E-state index in [9.17, 15) is 9.90 Å². The highest BCUT2D eigenvalue weighted by molar-refractivity contribution is 5.95. The largest absolute Gasteiger partial charge is 0.385 e. The van der Waals surface area contributed by atoms with E-state index in [1.807, 2.05) is 0 Å². The quantitative estimate of drug-likeness (QED) is 0.536. The number of carbonyl (C=O) groups is 1. The summed E-state index contributed by atoms with van der Waals surface area (Å²) in [5, 5.41) is 10.7. The highest BCUT2D eigenvalue weighted by Crippen LogP contribution is 2.64. The number of aliphatic hydroxyl groups is 1. The van der Waals surface area contributed by atoms with Gasteiger partial charge in [0.25, 0.3) is 0 Å². The van der Waals surface area contributed by atoms with Crippen molar-refractivity contribution in [3.63, 3.8) is 0 Å². The number of carbonyl (C=O) groups excluding carboxylic acids is 1. The van der Waals surface area contributed by atoms with Gasteiger partial charge in [0.15, 0.2) is 12.1 Å². The summed E-state index contributed by atoms with van der Waals surface area (Å²) >= 11 is 0. The van der Waals surface area contributed by atoms with E-state index in [0.29, 0.717) is 6.42 Å². The van der Waals surface area contributed by atoms with E-state index >= 15 is 0 Å². The molecule has 0 aromatic carbocycles. The molecule has 2 aliphatic rings. The van der Waals surface area contributed by atoms with Crippen molar-refractivity contribution in [3.8, 4) is 0 Å². The molecule has 1 N–H and O–H groups in total. The van der Waals surface area contributed by atoms with Gasteiger partial charge in [-0.1, -0.05) is 19.4 Å². The van der Waals surface area contributed by atoms with Crippen LogP contribution >= 0.6 is 0 Å². The van der Waals surface area contributed by atoms with Crippen LogP contribution in [-0.4, -0.2) is 57.5 Å². The third-order valence-electron chi connectivity index (χ3n) is 6.17. The summed E-state index contributed by atoms with van der Waals surface area (Å²) in [4.78, 5) is 13.1. The van der Waals surface area contributed by atoms with Crippen LogP contribution in [-0.2, 0) is 23.7 Å². The first kappa shape index (κ1) is 19.5. The summed E-state index contributed by atoms with van der Waals surface area (Å²) < 4.78 is 21.5. The van der Waals surface area contributed by atoms with Gasteiger partial charge >= 0.3 is 0 Å². The predicted octanol–water partition coefficient (Wildman–Crippen LogP) is 1.91. The molecule has 0 aromatic heterocycles. The van der Waals surface area contributed by atoms with Crippen molar-refractivity contribution < 1.29 is 28.8 Å². The molecule has 6 heteroatoms. The second-order valence-corrected chi connectivity index (χ2v) is 7.00. The number of ether oxygens (including phenoxy) is 4. The number of ketones is 1. The summed E-state index contributed by atoms with van der Waals surface area (Å²) in [7, 11) is 4.68. The molecule has 0 saturated heterocycles. The summed E-state index contributed by atoms with van der Waals surface area (Å²) in [6.07, 6.45) is 2.73. The third-order valence-corrected chi connectivity index (χ3v) is 6.17. The first-order valence-electron chi connectivity index (χ1n) is 8.45. The van der Waals surface area contributed by atoms with Crippen molar-refractivity contribution in [2.75, 3.05) is 28.1 Å². The topological polar surface area (TPSA) is 74.2 Å². The van der Waals surface area contributed by atoms with Crippen molar-refractivity contribution in [2.45, 2.75) is 51.1 Å². The Morgan fingerprint density at radius 2 is 2.04 bits per heavy atom. The Bertz CT molecular complexity index is 462. The van der Waals surface area contributed by atoms with Gasteiger partial charge in [0.2, 0.25) is 0 Å². The van der Waals surface area contributed by atoms with E-state index < -0.39 is 23.2 Å². The van der Waals surface area contributed by atoms with Gasteiger partial charge in [0.1, 0.15) is 12.9 Å². The lowest BCUT2D eigenvalue weighted by Crippen LogP contribution is -2.53. The molecule has 0 amide bonds. The molecule has 0 radical (unpaired) electrons. The van der Waals surface area contributed by atoms with E-state index in [1.54, 1.807) is 27.4 Å². The Labute approximate surface area is 144 Å². The molecule has 138 valence electrons. The second kappa shape index (κ2) is 7.62. The van der Waals surface area contributed by atoms with Crippen molar-refractivity contribution in [1.82, 2.24) is 0 Å². The first-order valence-corrected chi connectivity index (χ1v) is 8.45. The van der Waals surface area contributed by atoms with Gasteiger partial charge < -0.3 is 24.1 Å². The number of aliphatic hydroxyl groups excluding tert-OH is 1. The standard InChI is InChI=1S/C18H30O6/c1-6-18-13(24-11-21-3)8-7-9-17(18,2)12(15(19)16(18)20)10-14(22-4)23-5/h6,12-15,19H,1,7-11H2,2-5H3/t12-,13-,15-,17+,18+/m0/s1. The number of hydrogen-bond donors (Lipinski definition) is 1. The molecule has 0 heterocycles. The lowest BCUT2D eigenvalue weighted by atomic mass is 9.54. The van der Waals surface area contributed by atoms with Crippen LogP contribution in [0.25, 0.3) is 0 Å². The second-order valence-electron chi connectivity index (χ2n) is 7.00.